The first-order valence-electron chi connectivity index (χ1n) is 7.92. The summed E-state index contributed by atoms with van der Waals surface area (Å²) in [6, 6.07) is 13.5. The lowest BCUT2D eigenvalue weighted by Gasteiger charge is -2.21. The van der Waals surface area contributed by atoms with E-state index in [0.29, 0.717) is 22.7 Å². The van der Waals surface area contributed by atoms with Crippen molar-refractivity contribution in [2.75, 3.05) is 31.3 Å². The van der Waals surface area contributed by atoms with E-state index in [1.165, 1.54) is 20.4 Å². The number of ether oxygens (including phenoxy) is 2. The van der Waals surface area contributed by atoms with Crippen LogP contribution in [0.4, 0.5) is 5.69 Å². The Balaban J connectivity index is 2.05. The van der Waals surface area contributed by atoms with Crippen LogP contribution in [-0.2, 0) is 14.8 Å². The van der Waals surface area contributed by atoms with Gasteiger partial charge in [0.1, 0.15) is 6.54 Å². The van der Waals surface area contributed by atoms with E-state index in [1.54, 1.807) is 48.5 Å². The van der Waals surface area contributed by atoms with Gasteiger partial charge in [0, 0.05) is 0 Å². The number of sulfonamides is 1. The van der Waals surface area contributed by atoms with Gasteiger partial charge in [0.05, 0.1) is 32.4 Å². The number of amides is 1. The van der Waals surface area contributed by atoms with E-state index in [2.05, 4.69) is 10.5 Å². The van der Waals surface area contributed by atoms with Crippen LogP contribution in [0.25, 0.3) is 0 Å². The predicted molar refractivity (Wildman–Crippen MR) is 104 cm³/mol. The zero-order valence-electron chi connectivity index (χ0n) is 15.2. The monoisotopic (exact) mass is 391 g/mol. The van der Waals surface area contributed by atoms with E-state index in [4.69, 9.17) is 9.47 Å². The summed E-state index contributed by atoms with van der Waals surface area (Å²) in [5.41, 5.74) is 3.40. The Morgan fingerprint density at radius 1 is 1.11 bits per heavy atom. The number of benzene rings is 2. The Bertz CT molecular complexity index is 914. The van der Waals surface area contributed by atoms with E-state index in [9.17, 15) is 13.2 Å². The van der Waals surface area contributed by atoms with Crippen molar-refractivity contribution in [3.05, 3.63) is 54.1 Å². The zero-order chi connectivity index (χ0) is 19.9. The maximum atomic E-state index is 12.1. The molecule has 0 saturated heterocycles. The molecule has 9 heteroatoms. The number of anilines is 1. The maximum Gasteiger partial charge on any atom is 0.260 e. The van der Waals surface area contributed by atoms with Gasteiger partial charge in [0.2, 0.25) is 10.0 Å². The minimum absolute atomic E-state index is 0.383. The van der Waals surface area contributed by atoms with E-state index in [0.717, 1.165) is 10.6 Å². The van der Waals surface area contributed by atoms with Crippen molar-refractivity contribution in [2.45, 2.75) is 0 Å². The summed E-state index contributed by atoms with van der Waals surface area (Å²) in [6.45, 7) is -0.383. The summed E-state index contributed by atoms with van der Waals surface area (Å²) < 4.78 is 35.3. The van der Waals surface area contributed by atoms with Crippen molar-refractivity contribution in [1.82, 2.24) is 5.43 Å². The Kier molecular flexibility index (Phi) is 6.78. The normalized spacial score (nSPS) is 11.2. The molecule has 1 N–H and O–H groups in total. The number of para-hydroxylation sites is 1. The molecule has 0 aromatic heterocycles. The first-order valence-corrected chi connectivity index (χ1v) is 9.76. The number of hydrazone groups is 1. The third-order valence-corrected chi connectivity index (χ3v) is 4.68. The molecule has 0 radical (unpaired) electrons. The Labute approximate surface area is 158 Å². The molecular weight excluding hydrogens is 370 g/mol. The predicted octanol–water partition coefficient (Wildman–Crippen LogP) is 1.62. The van der Waals surface area contributed by atoms with Gasteiger partial charge < -0.3 is 9.47 Å². The molecule has 2 aromatic rings. The molecule has 8 nitrogen and oxygen atoms in total. The molecule has 0 saturated carbocycles. The van der Waals surface area contributed by atoms with Crippen LogP contribution in [0.2, 0.25) is 0 Å². The highest BCUT2D eigenvalue weighted by Gasteiger charge is 2.20. The first kappa shape index (κ1) is 20.2. The molecule has 0 atom stereocenters. The second kappa shape index (κ2) is 9.04. The van der Waals surface area contributed by atoms with Crippen molar-refractivity contribution in [2.24, 2.45) is 5.10 Å². The molecule has 2 aromatic carbocycles. The van der Waals surface area contributed by atoms with Gasteiger partial charge in [-0.3, -0.25) is 9.10 Å². The molecule has 0 heterocycles. The highest BCUT2D eigenvalue weighted by molar-refractivity contribution is 7.92. The summed E-state index contributed by atoms with van der Waals surface area (Å²) in [4.78, 5) is 12.1. The Morgan fingerprint density at radius 2 is 1.78 bits per heavy atom. The van der Waals surface area contributed by atoms with E-state index in [-0.39, 0.29) is 6.54 Å². The van der Waals surface area contributed by atoms with Gasteiger partial charge in [-0.1, -0.05) is 18.2 Å². The van der Waals surface area contributed by atoms with Crippen LogP contribution >= 0.6 is 0 Å². The minimum atomic E-state index is -3.62. The van der Waals surface area contributed by atoms with Crippen LogP contribution in [0, 0.1) is 0 Å². The fraction of sp³-hybridized carbons (Fsp3) is 0.222. The molecule has 0 fully saturated rings. The average molecular weight is 391 g/mol. The summed E-state index contributed by atoms with van der Waals surface area (Å²) in [6.07, 6.45) is 2.47. The van der Waals surface area contributed by atoms with Gasteiger partial charge in [-0.05, 0) is 35.9 Å². The molecule has 0 unspecified atom stereocenters. The van der Waals surface area contributed by atoms with Gasteiger partial charge in [0.15, 0.2) is 11.5 Å². The molecule has 2 rings (SSSR count). The van der Waals surface area contributed by atoms with Crippen LogP contribution in [-0.4, -0.2) is 47.6 Å². The molecule has 0 aliphatic carbocycles. The van der Waals surface area contributed by atoms with Crippen LogP contribution in [0.3, 0.4) is 0 Å². The van der Waals surface area contributed by atoms with Crippen LogP contribution in [0.5, 0.6) is 11.5 Å². The maximum absolute atomic E-state index is 12.1. The number of nitrogens with zero attached hydrogens (tertiary/aromatic N) is 2. The molecule has 0 aliphatic rings. The van der Waals surface area contributed by atoms with Gasteiger partial charge in [-0.25, -0.2) is 13.8 Å². The minimum Gasteiger partial charge on any atom is -0.493 e. The van der Waals surface area contributed by atoms with Crippen molar-refractivity contribution in [3.63, 3.8) is 0 Å². The van der Waals surface area contributed by atoms with Crippen LogP contribution in [0.1, 0.15) is 5.56 Å². The summed E-state index contributed by atoms with van der Waals surface area (Å²) in [7, 11) is -0.565. The fourth-order valence-electron chi connectivity index (χ4n) is 2.27. The van der Waals surface area contributed by atoms with Crippen molar-refractivity contribution < 1.29 is 22.7 Å². The molecule has 0 aliphatic heterocycles. The first-order chi connectivity index (χ1) is 12.8. The molecule has 1 amide bonds. The number of carbonyl (C=O) groups is 1. The lowest BCUT2D eigenvalue weighted by molar-refractivity contribution is -0.119. The lowest BCUT2D eigenvalue weighted by Crippen LogP contribution is -2.38. The number of rotatable bonds is 8. The standard InChI is InChI=1S/C18H21N3O5S/c1-25-16-10-9-14(11-17(16)26-2)12-19-20-18(22)13-21(27(3,23)24)15-7-5-4-6-8-15/h4-12H,13H2,1-3H3,(H,20,22)/b19-12-. The second-order valence-corrected chi connectivity index (χ2v) is 7.42. The second-order valence-electron chi connectivity index (χ2n) is 5.51. The summed E-state index contributed by atoms with van der Waals surface area (Å²) >= 11 is 0. The summed E-state index contributed by atoms with van der Waals surface area (Å²) in [5.74, 6) is 0.534. The largest absolute Gasteiger partial charge is 0.493 e. The molecule has 0 bridgehead atoms. The van der Waals surface area contributed by atoms with E-state index >= 15 is 0 Å². The SMILES string of the molecule is COc1ccc(/C=N\NC(=O)CN(c2ccccc2)S(C)(=O)=O)cc1OC. The molecule has 27 heavy (non-hydrogen) atoms. The van der Waals surface area contributed by atoms with Crippen molar-refractivity contribution in [3.8, 4) is 11.5 Å². The van der Waals surface area contributed by atoms with E-state index < -0.39 is 15.9 Å². The molecular formula is C18H21N3O5S. The number of hydrogen-bond acceptors (Lipinski definition) is 6. The third-order valence-electron chi connectivity index (χ3n) is 3.54. The molecule has 0 spiro atoms. The fourth-order valence-corrected chi connectivity index (χ4v) is 3.13. The summed E-state index contributed by atoms with van der Waals surface area (Å²) in [5, 5.41) is 3.86. The van der Waals surface area contributed by atoms with Gasteiger partial charge >= 0.3 is 0 Å². The average Bonchev–Trinajstić information content (AvgIpc) is 2.65. The van der Waals surface area contributed by atoms with E-state index in [1.807, 2.05) is 0 Å². The zero-order valence-corrected chi connectivity index (χ0v) is 16.1. The van der Waals surface area contributed by atoms with Crippen molar-refractivity contribution >= 4 is 27.8 Å². The topological polar surface area (TPSA) is 97.3 Å². The quantitative estimate of drug-likeness (QED) is 0.545. The van der Waals surface area contributed by atoms with Crippen molar-refractivity contribution in [1.29, 1.82) is 0 Å². The van der Waals surface area contributed by atoms with Crippen LogP contribution < -0.4 is 19.2 Å². The third kappa shape index (κ3) is 5.71. The number of methoxy groups -OCH3 is 2. The number of nitrogens with one attached hydrogen (secondary N) is 1. The number of hydrogen-bond donors (Lipinski definition) is 1. The highest BCUT2D eigenvalue weighted by atomic mass is 32.2. The van der Waals surface area contributed by atoms with Gasteiger partial charge in [0.25, 0.3) is 5.91 Å². The smallest absolute Gasteiger partial charge is 0.260 e. The molecule has 144 valence electrons. The Hall–Kier alpha value is -3.07. The van der Waals surface area contributed by atoms with Gasteiger partial charge in [-0.2, -0.15) is 5.10 Å². The van der Waals surface area contributed by atoms with Crippen LogP contribution in [0.15, 0.2) is 53.6 Å². The number of carbonyl (C=O) groups excluding carboxylic acids is 1. The Morgan fingerprint density at radius 3 is 2.37 bits per heavy atom. The highest BCUT2D eigenvalue weighted by Crippen LogP contribution is 2.26. The lowest BCUT2D eigenvalue weighted by atomic mass is 10.2. The van der Waals surface area contributed by atoms with Gasteiger partial charge in [-0.15, -0.1) is 0 Å².